The third-order valence-electron chi connectivity index (χ3n) is 2.90. The predicted molar refractivity (Wildman–Crippen MR) is 66.1 cm³/mol. The van der Waals surface area contributed by atoms with Crippen molar-refractivity contribution in [2.45, 2.75) is 39.3 Å². The van der Waals surface area contributed by atoms with Crippen LogP contribution < -0.4 is 5.32 Å². The molecule has 1 saturated heterocycles. The highest BCUT2D eigenvalue weighted by Gasteiger charge is 2.14. The first-order valence-corrected chi connectivity index (χ1v) is 6.94. The van der Waals surface area contributed by atoms with Gasteiger partial charge in [-0.05, 0) is 33.4 Å². The van der Waals surface area contributed by atoms with Crippen LogP contribution in [0.2, 0.25) is 0 Å². The summed E-state index contributed by atoms with van der Waals surface area (Å²) in [4.78, 5) is 2.54. The number of rotatable bonds is 5. The van der Waals surface area contributed by atoms with Crippen LogP contribution in [0.1, 0.15) is 27.2 Å². The normalized spacial score (nSPS) is 23.4. The molecule has 1 rings (SSSR count). The molecule has 1 heterocycles. The van der Waals surface area contributed by atoms with Crippen LogP contribution in [0.25, 0.3) is 0 Å². The van der Waals surface area contributed by atoms with Gasteiger partial charge in [0.05, 0.1) is 0 Å². The van der Waals surface area contributed by atoms with E-state index in [4.69, 9.17) is 0 Å². The quantitative estimate of drug-likeness (QED) is 0.754. The highest BCUT2D eigenvalue weighted by Crippen LogP contribution is 2.11. The van der Waals surface area contributed by atoms with E-state index in [1.807, 2.05) is 0 Å². The van der Waals surface area contributed by atoms with E-state index in [1.54, 1.807) is 0 Å². The summed E-state index contributed by atoms with van der Waals surface area (Å²) in [6.45, 7) is 10.4. The SMILES string of the molecule is CCN(CCC1CSCCN1)C(C)C. The van der Waals surface area contributed by atoms with Crippen molar-refractivity contribution >= 4 is 11.8 Å². The largest absolute Gasteiger partial charge is 0.312 e. The summed E-state index contributed by atoms with van der Waals surface area (Å²) in [6, 6.07) is 1.44. The summed E-state index contributed by atoms with van der Waals surface area (Å²) in [7, 11) is 0. The Bertz CT molecular complexity index is 144. The lowest BCUT2D eigenvalue weighted by atomic mass is 10.2. The van der Waals surface area contributed by atoms with Crippen molar-refractivity contribution in [1.82, 2.24) is 10.2 Å². The molecule has 0 aromatic rings. The average molecular weight is 216 g/mol. The zero-order chi connectivity index (χ0) is 10.4. The van der Waals surface area contributed by atoms with Crippen molar-refractivity contribution < 1.29 is 0 Å². The minimum Gasteiger partial charge on any atom is -0.312 e. The van der Waals surface area contributed by atoms with Crippen LogP contribution in [-0.4, -0.2) is 48.1 Å². The highest BCUT2D eigenvalue weighted by molar-refractivity contribution is 7.99. The average Bonchev–Trinajstić information content (AvgIpc) is 2.20. The van der Waals surface area contributed by atoms with Gasteiger partial charge in [-0.1, -0.05) is 6.92 Å². The van der Waals surface area contributed by atoms with Crippen LogP contribution in [0.3, 0.4) is 0 Å². The summed E-state index contributed by atoms with van der Waals surface area (Å²) >= 11 is 2.09. The third kappa shape index (κ3) is 4.20. The van der Waals surface area contributed by atoms with E-state index in [-0.39, 0.29) is 0 Å². The maximum Gasteiger partial charge on any atom is 0.0170 e. The van der Waals surface area contributed by atoms with Gasteiger partial charge < -0.3 is 10.2 Å². The molecule has 3 heteroatoms. The molecular weight excluding hydrogens is 192 g/mol. The summed E-state index contributed by atoms with van der Waals surface area (Å²) in [5.74, 6) is 2.59. The molecule has 1 unspecified atom stereocenters. The van der Waals surface area contributed by atoms with Gasteiger partial charge in [0.2, 0.25) is 0 Å². The Kier molecular flexibility index (Phi) is 5.90. The molecule has 1 aliphatic heterocycles. The summed E-state index contributed by atoms with van der Waals surface area (Å²) in [5, 5.41) is 3.59. The summed E-state index contributed by atoms with van der Waals surface area (Å²) in [5.41, 5.74) is 0. The van der Waals surface area contributed by atoms with Crippen molar-refractivity contribution in [3.05, 3.63) is 0 Å². The monoisotopic (exact) mass is 216 g/mol. The molecule has 14 heavy (non-hydrogen) atoms. The second-order valence-electron chi connectivity index (χ2n) is 4.24. The molecule has 0 radical (unpaired) electrons. The summed E-state index contributed by atoms with van der Waals surface area (Å²) < 4.78 is 0. The first kappa shape index (κ1) is 12.3. The molecule has 1 aliphatic rings. The molecule has 84 valence electrons. The van der Waals surface area contributed by atoms with E-state index in [0.717, 1.165) is 6.04 Å². The van der Waals surface area contributed by atoms with Crippen molar-refractivity contribution in [2.24, 2.45) is 0 Å². The fourth-order valence-corrected chi connectivity index (χ4v) is 2.91. The first-order valence-electron chi connectivity index (χ1n) is 5.79. The van der Waals surface area contributed by atoms with Crippen LogP contribution >= 0.6 is 11.8 Å². The maximum atomic E-state index is 3.59. The second kappa shape index (κ2) is 6.70. The zero-order valence-electron chi connectivity index (χ0n) is 9.75. The van der Waals surface area contributed by atoms with E-state index in [2.05, 4.69) is 42.7 Å². The molecule has 0 spiro atoms. The summed E-state index contributed by atoms with van der Waals surface area (Å²) in [6.07, 6.45) is 1.30. The molecule has 1 N–H and O–H groups in total. The smallest absolute Gasteiger partial charge is 0.0170 e. The van der Waals surface area contributed by atoms with Crippen molar-refractivity contribution in [3.8, 4) is 0 Å². The number of nitrogens with zero attached hydrogens (tertiary/aromatic N) is 1. The fraction of sp³-hybridized carbons (Fsp3) is 1.00. The van der Waals surface area contributed by atoms with Crippen LogP contribution in [0, 0.1) is 0 Å². The minimum atomic E-state index is 0.691. The van der Waals surface area contributed by atoms with E-state index in [0.29, 0.717) is 6.04 Å². The molecule has 0 aromatic carbocycles. The van der Waals surface area contributed by atoms with Gasteiger partial charge in [-0.3, -0.25) is 0 Å². The van der Waals surface area contributed by atoms with Gasteiger partial charge in [-0.2, -0.15) is 11.8 Å². The van der Waals surface area contributed by atoms with Gasteiger partial charge in [-0.15, -0.1) is 0 Å². The van der Waals surface area contributed by atoms with Gasteiger partial charge in [-0.25, -0.2) is 0 Å². The molecule has 0 saturated carbocycles. The Labute approximate surface area is 92.8 Å². The standard InChI is InChI=1S/C11H24N2S/c1-4-13(10(2)3)7-5-11-9-14-8-6-12-11/h10-12H,4-9H2,1-3H3. The lowest BCUT2D eigenvalue weighted by molar-refractivity contribution is 0.222. The third-order valence-corrected chi connectivity index (χ3v) is 4.03. The highest BCUT2D eigenvalue weighted by atomic mass is 32.2. The molecule has 0 aliphatic carbocycles. The van der Waals surface area contributed by atoms with E-state index >= 15 is 0 Å². The first-order chi connectivity index (χ1) is 6.74. The van der Waals surface area contributed by atoms with Crippen molar-refractivity contribution in [2.75, 3.05) is 31.1 Å². The van der Waals surface area contributed by atoms with Gasteiger partial charge in [0.1, 0.15) is 0 Å². The van der Waals surface area contributed by atoms with Gasteiger partial charge in [0, 0.05) is 30.1 Å². The topological polar surface area (TPSA) is 15.3 Å². The Balaban J connectivity index is 2.16. The maximum absolute atomic E-state index is 3.59. The van der Waals surface area contributed by atoms with E-state index < -0.39 is 0 Å². The van der Waals surface area contributed by atoms with Crippen molar-refractivity contribution in [1.29, 1.82) is 0 Å². The van der Waals surface area contributed by atoms with Crippen LogP contribution in [0.5, 0.6) is 0 Å². The Morgan fingerprint density at radius 1 is 1.50 bits per heavy atom. The number of hydrogen-bond donors (Lipinski definition) is 1. The van der Waals surface area contributed by atoms with E-state index in [1.165, 1.54) is 37.6 Å². The molecule has 0 amide bonds. The number of hydrogen-bond acceptors (Lipinski definition) is 3. The Hall–Kier alpha value is 0.270. The van der Waals surface area contributed by atoms with Gasteiger partial charge in [0.15, 0.2) is 0 Å². The zero-order valence-corrected chi connectivity index (χ0v) is 10.6. The molecule has 0 bridgehead atoms. The molecule has 1 fully saturated rings. The fourth-order valence-electron chi connectivity index (χ4n) is 1.91. The van der Waals surface area contributed by atoms with Crippen LogP contribution in [-0.2, 0) is 0 Å². The molecule has 1 atom stereocenters. The Morgan fingerprint density at radius 3 is 2.79 bits per heavy atom. The second-order valence-corrected chi connectivity index (χ2v) is 5.39. The molecular formula is C11H24N2S. The minimum absolute atomic E-state index is 0.691. The lowest BCUT2D eigenvalue weighted by Crippen LogP contribution is -2.41. The van der Waals surface area contributed by atoms with Crippen LogP contribution in [0.4, 0.5) is 0 Å². The number of thioether (sulfide) groups is 1. The molecule has 2 nitrogen and oxygen atoms in total. The van der Waals surface area contributed by atoms with Crippen molar-refractivity contribution in [3.63, 3.8) is 0 Å². The number of nitrogens with one attached hydrogen (secondary N) is 1. The Morgan fingerprint density at radius 2 is 2.29 bits per heavy atom. The molecule has 0 aromatic heterocycles. The predicted octanol–water partition coefficient (Wildman–Crippen LogP) is 1.81. The lowest BCUT2D eigenvalue weighted by Gasteiger charge is -2.29. The van der Waals surface area contributed by atoms with Gasteiger partial charge in [0.25, 0.3) is 0 Å². The van der Waals surface area contributed by atoms with E-state index in [9.17, 15) is 0 Å². The van der Waals surface area contributed by atoms with Gasteiger partial charge >= 0.3 is 0 Å². The van der Waals surface area contributed by atoms with Crippen LogP contribution in [0.15, 0.2) is 0 Å².